The van der Waals surface area contributed by atoms with Crippen LogP contribution in [-0.2, 0) is 10.3 Å². The second-order valence-corrected chi connectivity index (χ2v) is 8.40. The van der Waals surface area contributed by atoms with Crippen LogP contribution in [0.4, 0.5) is 5.69 Å². The molecule has 148 valence electrons. The maximum atomic E-state index is 13.6. The number of fused-ring (bicyclic) bond motifs is 1. The van der Waals surface area contributed by atoms with Crippen LogP contribution >= 0.6 is 0 Å². The van der Waals surface area contributed by atoms with Crippen molar-refractivity contribution in [2.45, 2.75) is 45.1 Å². The van der Waals surface area contributed by atoms with Crippen molar-refractivity contribution in [3.8, 4) is 11.1 Å². The molecule has 3 heterocycles. The fraction of sp³-hybridized carbons (Fsp3) is 0.545. The third-order valence-electron chi connectivity index (χ3n) is 6.91. The Kier molecular flexibility index (Phi) is 4.29. The summed E-state index contributed by atoms with van der Waals surface area (Å²) in [6.07, 6.45) is 4.66. The molecule has 1 unspecified atom stereocenters. The van der Waals surface area contributed by atoms with Gasteiger partial charge < -0.3 is 15.2 Å². The van der Waals surface area contributed by atoms with Crippen LogP contribution in [0.1, 0.15) is 42.7 Å². The first-order valence-electron chi connectivity index (χ1n) is 10.5. The Morgan fingerprint density at radius 2 is 1.93 bits per heavy atom. The van der Waals surface area contributed by atoms with E-state index in [1.165, 1.54) is 12.8 Å². The fourth-order valence-electron chi connectivity index (χ4n) is 5.70. The lowest BCUT2D eigenvalue weighted by molar-refractivity contribution is -0.132. The predicted molar refractivity (Wildman–Crippen MR) is 108 cm³/mol. The molecular weight excluding hydrogens is 352 g/mol. The highest BCUT2D eigenvalue weighted by Crippen LogP contribution is 2.52. The van der Waals surface area contributed by atoms with E-state index in [1.54, 1.807) is 0 Å². The van der Waals surface area contributed by atoms with Crippen LogP contribution in [0.15, 0.2) is 22.7 Å². The van der Waals surface area contributed by atoms with Gasteiger partial charge in [0.05, 0.1) is 5.69 Å². The minimum absolute atomic E-state index is 0.159. The van der Waals surface area contributed by atoms with Crippen molar-refractivity contribution >= 4 is 11.6 Å². The van der Waals surface area contributed by atoms with E-state index in [-0.39, 0.29) is 5.91 Å². The number of nitrogens with zero attached hydrogens (tertiary/aromatic N) is 2. The zero-order valence-corrected chi connectivity index (χ0v) is 16.7. The lowest BCUT2D eigenvalue weighted by Gasteiger charge is -2.45. The van der Waals surface area contributed by atoms with Gasteiger partial charge in [0, 0.05) is 43.0 Å². The van der Waals surface area contributed by atoms with Gasteiger partial charge in [-0.15, -0.1) is 0 Å². The SMILES string of the molecule is Cc1noc(C)c1-c1ccc2c(c1)C(C1CCCC1)(N1CCNCC1)C(=O)N2. The summed E-state index contributed by atoms with van der Waals surface area (Å²) in [5, 5.41) is 10.8. The number of hydrogen-bond acceptors (Lipinski definition) is 5. The molecule has 28 heavy (non-hydrogen) atoms. The van der Waals surface area contributed by atoms with Crippen molar-refractivity contribution in [1.82, 2.24) is 15.4 Å². The minimum atomic E-state index is -0.553. The van der Waals surface area contributed by atoms with Crippen LogP contribution in [0.2, 0.25) is 0 Å². The molecule has 0 radical (unpaired) electrons. The highest BCUT2D eigenvalue weighted by Gasteiger charge is 2.56. The van der Waals surface area contributed by atoms with E-state index in [0.29, 0.717) is 5.92 Å². The number of aromatic nitrogens is 1. The third kappa shape index (κ3) is 2.47. The number of amides is 1. The maximum Gasteiger partial charge on any atom is 0.249 e. The van der Waals surface area contributed by atoms with Crippen molar-refractivity contribution < 1.29 is 9.32 Å². The first-order valence-corrected chi connectivity index (χ1v) is 10.5. The van der Waals surface area contributed by atoms with Crippen LogP contribution in [-0.4, -0.2) is 42.1 Å². The lowest BCUT2D eigenvalue weighted by atomic mass is 9.75. The van der Waals surface area contributed by atoms with Gasteiger partial charge in [0.15, 0.2) is 0 Å². The molecule has 2 fully saturated rings. The van der Waals surface area contributed by atoms with Crippen LogP contribution < -0.4 is 10.6 Å². The number of anilines is 1. The topological polar surface area (TPSA) is 70.4 Å². The summed E-state index contributed by atoms with van der Waals surface area (Å²) in [5.74, 6) is 1.35. The van der Waals surface area contributed by atoms with Crippen molar-refractivity contribution in [1.29, 1.82) is 0 Å². The number of benzene rings is 1. The number of piperazine rings is 1. The normalized spacial score (nSPS) is 25.9. The summed E-state index contributed by atoms with van der Waals surface area (Å²) >= 11 is 0. The van der Waals surface area contributed by atoms with Crippen molar-refractivity contribution in [3.05, 3.63) is 35.2 Å². The average molecular weight is 380 g/mol. The molecule has 2 N–H and O–H groups in total. The molecule has 1 saturated carbocycles. The highest BCUT2D eigenvalue weighted by molar-refractivity contribution is 6.06. The summed E-state index contributed by atoms with van der Waals surface area (Å²) in [7, 11) is 0. The van der Waals surface area contributed by atoms with Gasteiger partial charge in [0.25, 0.3) is 0 Å². The fourth-order valence-corrected chi connectivity index (χ4v) is 5.70. The Morgan fingerprint density at radius 1 is 1.18 bits per heavy atom. The number of aryl methyl sites for hydroxylation is 2. The smallest absolute Gasteiger partial charge is 0.249 e. The van der Waals surface area contributed by atoms with Gasteiger partial charge in [-0.3, -0.25) is 9.69 Å². The summed E-state index contributed by atoms with van der Waals surface area (Å²) in [4.78, 5) is 16.0. The number of carbonyl (C=O) groups excluding carboxylic acids is 1. The van der Waals surface area contributed by atoms with E-state index in [2.05, 4.69) is 38.9 Å². The zero-order chi connectivity index (χ0) is 19.3. The average Bonchev–Trinajstić information content (AvgIpc) is 3.41. The zero-order valence-electron chi connectivity index (χ0n) is 16.7. The number of hydrogen-bond donors (Lipinski definition) is 2. The molecule has 2 aromatic rings. The highest BCUT2D eigenvalue weighted by atomic mass is 16.5. The molecule has 1 aromatic carbocycles. The van der Waals surface area contributed by atoms with Crippen LogP contribution in [0, 0.1) is 19.8 Å². The van der Waals surface area contributed by atoms with E-state index < -0.39 is 5.54 Å². The third-order valence-corrected chi connectivity index (χ3v) is 6.91. The van der Waals surface area contributed by atoms with E-state index >= 15 is 0 Å². The van der Waals surface area contributed by atoms with E-state index in [9.17, 15) is 4.79 Å². The first-order chi connectivity index (χ1) is 13.6. The van der Waals surface area contributed by atoms with Gasteiger partial charge in [-0.1, -0.05) is 24.1 Å². The van der Waals surface area contributed by atoms with Crippen LogP contribution in [0.5, 0.6) is 0 Å². The van der Waals surface area contributed by atoms with Gasteiger partial charge in [0.1, 0.15) is 11.3 Å². The molecule has 0 bridgehead atoms. The monoisotopic (exact) mass is 380 g/mol. The van der Waals surface area contributed by atoms with Gasteiger partial charge in [-0.2, -0.15) is 0 Å². The molecule has 1 aromatic heterocycles. The molecule has 6 nitrogen and oxygen atoms in total. The van der Waals surface area contributed by atoms with Crippen LogP contribution in [0.25, 0.3) is 11.1 Å². The Hall–Kier alpha value is -2.18. The van der Waals surface area contributed by atoms with Crippen molar-refractivity contribution in [2.24, 2.45) is 5.92 Å². The Bertz CT molecular complexity index is 890. The second-order valence-electron chi connectivity index (χ2n) is 8.40. The molecule has 6 heteroatoms. The molecule has 2 aliphatic heterocycles. The molecule has 3 aliphatic rings. The minimum Gasteiger partial charge on any atom is -0.361 e. The predicted octanol–water partition coefficient (Wildman–Crippen LogP) is 3.20. The molecule has 1 aliphatic carbocycles. The Labute approximate surface area is 165 Å². The Balaban J connectivity index is 1.69. The van der Waals surface area contributed by atoms with Gasteiger partial charge in [-0.05, 0) is 50.3 Å². The second kappa shape index (κ2) is 6.71. The van der Waals surface area contributed by atoms with E-state index in [4.69, 9.17) is 4.52 Å². The summed E-state index contributed by atoms with van der Waals surface area (Å²) in [6.45, 7) is 7.59. The van der Waals surface area contributed by atoms with E-state index in [0.717, 1.165) is 72.9 Å². The molecule has 5 rings (SSSR count). The molecule has 0 spiro atoms. The molecule has 1 amide bonds. The van der Waals surface area contributed by atoms with Gasteiger partial charge in [-0.25, -0.2) is 0 Å². The van der Waals surface area contributed by atoms with Crippen LogP contribution in [0.3, 0.4) is 0 Å². The largest absolute Gasteiger partial charge is 0.361 e. The van der Waals surface area contributed by atoms with Gasteiger partial charge >= 0.3 is 0 Å². The lowest BCUT2D eigenvalue weighted by Crippen LogP contribution is -2.60. The Morgan fingerprint density at radius 3 is 2.61 bits per heavy atom. The van der Waals surface area contributed by atoms with E-state index in [1.807, 2.05) is 13.8 Å². The molecule has 1 saturated heterocycles. The first kappa shape index (κ1) is 17.9. The number of nitrogens with one attached hydrogen (secondary N) is 2. The maximum absolute atomic E-state index is 13.6. The number of carbonyl (C=O) groups is 1. The molecule has 1 atom stereocenters. The number of rotatable bonds is 3. The standard InChI is InChI=1S/C22H28N4O2/c1-14-20(15(2)28-25-14)16-7-8-19-18(13-16)22(21(27)24-19,17-5-3-4-6-17)26-11-9-23-10-12-26/h7-8,13,17,23H,3-6,9-12H2,1-2H3,(H,24,27). The summed E-state index contributed by atoms with van der Waals surface area (Å²) in [6, 6.07) is 6.36. The summed E-state index contributed by atoms with van der Waals surface area (Å²) < 4.78 is 5.41. The van der Waals surface area contributed by atoms with Crippen molar-refractivity contribution in [3.63, 3.8) is 0 Å². The quantitative estimate of drug-likeness (QED) is 0.856. The molecular formula is C22H28N4O2. The summed E-state index contributed by atoms with van der Waals surface area (Å²) in [5.41, 5.74) is 4.58. The van der Waals surface area contributed by atoms with Crippen molar-refractivity contribution in [2.75, 3.05) is 31.5 Å². The van der Waals surface area contributed by atoms with Gasteiger partial charge in [0.2, 0.25) is 5.91 Å².